The van der Waals surface area contributed by atoms with E-state index in [1.54, 1.807) is 18.4 Å². The van der Waals surface area contributed by atoms with Gasteiger partial charge in [-0.05, 0) is 24.5 Å². The van der Waals surface area contributed by atoms with Crippen LogP contribution in [0.2, 0.25) is 0 Å². The number of nitriles is 1. The van der Waals surface area contributed by atoms with Crippen molar-refractivity contribution in [3.63, 3.8) is 0 Å². The van der Waals surface area contributed by atoms with E-state index < -0.39 is 5.56 Å². The number of phenols is 1. The first-order chi connectivity index (χ1) is 9.06. The number of hydrogen-bond acceptors (Lipinski definition) is 5. The van der Waals surface area contributed by atoms with E-state index in [-0.39, 0.29) is 17.0 Å². The van der Waals surface area contributed by atoms with Gasteiger partial charge >= 0.3 is 0 Å². The van der Waals surface area contributed by atoms with Crippen molar-refractivity contribution in [2.24, 2.45) is 0 Å². The highest BCUT2D eigenvalue weighted by Crippen LogP contribution is 2.32. The van der Waals surface area contributed by atoms with Gasteiger partial charge in [-0.25, -0.2) is 4.98 Å². The zero-order valence-corrected chi connectivity index (χ0v) is 12.2. The second-order valence-corrected chi connectivity index (χ2v) is 5.28. The normalized spacial score (nSPS) is 10.2. The molecule has 7 heteroatoms. The summed E-state index contributed by atoms with van der Waals surface area (Å²) in [5.41, 5.74) is -0.121. The molecule has 2 N–H and O–H groups in total. The van der Waals surface area contributed by atoms with Gasteiger partial charge in [0.25, 0.3) is 5.56 Å². The molecule has 0 aliphatic carbocycles. The summed E-state index contributed by atoms with van der Waals surface area (Å²) in [4.78, 5) is 18.5. The number of hydrogen-bond donors (Lipinski definition) is 2. The number of phenolic OH excluding ortho intramolecular Hbond substituents is 1. The molecule has 2 aromatic rings. The predicted molar refractivity (Wildman–Crippen MR) is 76.2 cm³/mol. The first-order valence-electron chi connectivity index (χ1n) is 5.14. The smallest absolute Gasteiger partial charge is 0.270 e. The molecule has 2 rings (SSSR count). The van der Waals surface area contributed by atoms with Crippen molar-refractivity contribution in [3.05, 3.63) is 38.6 Å². The van der Waals surface area contributed by atoms with E-state index >= 15 is 0 Å². The largest absolute Gasteiger partial charge is 0.507 e. The lowest BCUT2D eigenvalue weighted by Gasteiger charge is -2.07. The summed E-state index contributed by atoms with van der Waals surface area (Å²) in [6.45, 7) is 0. The van der Waals surface area contributed by atoms with Crippen molar-refractivity contribution >= 4 is 27.7 Å². The highest BCUT2D eigenvalue weighted by Gasteiger charge is 2.16. The zero-order chi connectivity index (χ0) is 14.0. The first kappa shape index (κ1) is 13.6. The van der Waals surface area contributed by atoms with Crippen LogP contribution in [0.15, 0.2) is 32.6 Å². The van der Waals surface area contributed by atoms with Crippen LogP contribution < -0.4 is 5.56 Å². The average Bonchev–Trinajstić information content (AvgIpc) is 2.40. The fourth-order valence-corrected chi connectivity index (χ4v) is 2.28. The molecular weight excluding hydrogens is 330 g/mol. The highest BCUT2D eigenvalue weighted by atomic mass is 79.9. The van der Waals surface area contributed by atoms with Crippen LogP contribution in [0.3, 0.4) is 0 Å². The molecule has 1 aromatic carbocycles. The summed E-state index contributed by atoms with van der Waals surface area (Å²) in [7, 11) is 0. The molecule has 19 heavy (non-hydrogen) atoms. The van der Waals surface area contributed by atoms with Gasteiger partial charge in [0, 0.05) is 10.0 Å². The van der Waals surface area contributed by atoms with Crippen molar-refractivity contribution in [3.8, 4) is 23.1 Å². The minimum atomic E-state index is -0.517. The number of nitrogens with one attached hydrogen (secondary N) is 1. The van der Waals surface area contributed by atoms with Crippen LogP contribution in [0.25, 0.3) is 11.3 Å². The van der Waals surface area contributed by atoms with Gasteiger partial charge in [-0.3, -0.25) is 4.79 Å². The van der Waals surface area contributed by atoms with Crippen LogP contribution in [-0.2, 0) is 0 Å². The van der Waals surface area contributed by atoms with Crippen LogP contribution >= 0.6 is 27.7 Å². The Labute approximate surface area is 121 Å². The number of halogens is 1. The maximum Gasteiger partial charge on any atom is 0.270 e. The summed E-state index contributed by atoms with van der Waals surface area (Å²) in [5.74, 6) is -0.0372. The third kappa shape index (κ3) is 2.64. The fourth-order valence-electron chi connectivity index (χ4n) is 1.55. The van der Waals surface area contributed by atoms with Crippen molar-refractivity contribution < 1.29 is 5.11 Å². The molecule has 96 valence electrons. The summed E-state index contributed by atoms with van der Waals surface area (Å²) in [5, 5.41) is 19.3. The van der Waals surface area contributed by atoms with E-state index in [4.69, 9.17) is 5.26 Å². The quantitative estimate of drug-likeness (QED) is 0.649. The molecule has 0 spiro atoms. The average molecular weight is 338 g/mol. The van der Waals surface area contributed by atoms with Crippen LogP contribution in [0.1, 0.15) is 5.56 Å². The Morgan fingerprint density at radius 1 is 1.53 bits per heavy atom. The van der Waals surface area contributed by atoms with Crippen molar-refractivity contribution in [1.29, 1.82) is 5.26 Å². The van der Waals surface area contributed by atoms with Crippen molar-refractivity contribution in [2.45, 2.75) is 5.16 Å². The molecular formula is C12H8BrN3O2S. The topological polar surface area (TPSA) is 89.8 Å². The summed E-state index contributed by atoms with van der Waals surface area (Å²) in [6.07, 6.45) is 1.76. The second-order valence-electron chi connectivity index (χ2n) is 3.57. The minimum Gasteiger partial charge on any atom is -0.507 e. The monoisotopic (exact) mass is 337 g/mol. The van der Waals surface area contributed by atoms with Crippen LogP contribution in [0.5, 0.6) is 5.75 Å². The zero-order valence-electron chi connectivity index (χ0n) is 9.77. The standard InChI is InChI=1S/C12H8BrN3O2S/c1-19-12-15-10(8(5-14)11(18)16-12)7-4-6(13)2-3-9(7)17/h2-4,17H,1H3,(H,15,16,18). The molecule has 1 heterocycles. The number of aromatic amines is 1. The summed E-state index contributed by atoms with van der Waals surface area (Å²) < 4.78 is 0.719. The number of H-pyrrole nitrogens is 1. The number of aromatic hydroxyl groups is 1. The highest BCUT2D eigenvalue weighted by molar-refractivity contribution is 9.10. The molecule has 0 saturated carbocycles. The molecule has 1 aromatic heterocycles. The van der Waals surface area contributed by atoms with Crippen molar-refractivity contribution in [1.82, 2.24) is 9.97 Å². The van der Waals surface area contributed by atoms with Gasteiger partial charge in [-0.2, -0.15) is 5.26 Å². The Balaban J connectivity index is 2.81. The van der Waals surface area contributed by atoms with Crippen molar-refractivity contribution in [2.75, 3.05) is 6.26 Å². The van der Waals surface area contributed by atoms with Gasteiger partial charge in [-0.15, -0.1) is 0 Å². The number of nitrogens with zero attached hydrogens (tertiary/aromatic N) is 2. The number of aromatic nitrogens is 2. The Bertz CT molecular complexity index is 737. The van der Waals surface area contributed by atoms with E-state index in [0.29, 0.717) is 10.7 Å². The molecule has 0 aliphatic heterocycles. The Hall–Kier alpha value is -1.78. The molecule has 0 unspecified atom stereocenters. The molecule has 0 fully saturated rings. The lowest BCUT2D eigenvalue weighted by atomic mass is 10.1. The van der Waals surface area contributed by atoms with Crippen LogP contribution in [-0.4, -0.2) is 21.3 Å². The Morgan fingerprint density at radius 3 is 2.89 bits per heavy atom. The maximum atomic E-state index is 11.8. The third-order valence-electron chi connectivity index (χ3n) is 2.42. The van der Waals surface area contributed by atoms with Gasteiger partial charge < -0.3 is 10.1 Å². The van der Waals surface area contributed by atoms with Gasteiger partial charge in [0.05, 0.1) is 0 Å². The van der Waals surface area contributed by atoms with E-state index in [1.807, 2.05) is 6.07 Å². The van der Waals surface area contributed by atoms with Gasteiger partial charge in [0.15, 0.2) is 5.16 Å². The summed E-state index contributed by atoms with van der Waals surface area (Å²) in [6, 6.07) is 6.57. The van der Waals surface area contributed by atoms with Gasteiger partial charge in [0.1, 0.15) is 23.1 Å². The van der Waals surface area contributed by atoms with E-state index in [2.05, 4.69) is 25.9 Å². The number of benzene rings is 1. The lowest BCUT2D eigenvalue weighted by molar-refractivity contribution is 0.477. The van der Waals surface area contributed by atoms with Crippen LogP contribution in [0.4, 0.5) is 0 Å². The second kappa shape index (κ2) is 5.47. The summed E-state index contributed by atoms with van der Waals surface area (Å²) >= 11 is 4.53. The fraction of sp³-hybridized carbons (Fsp3) is 0.0833. The van der Waals surface area contributed by atoms with Gasteiger partial charge in [-0.1, -0.05) is 27.7 Å². The van der Waals surface area contributed by atoms with Crippen LogP contribution in [0, 0.1) is 11.3 Å². The molecule has 0 bridgehead atoms. The molecule has 0 atom stereocenters. The minimum absolute atomic E-state index is 0.0372. The molecule has 0 saturated heterocycles. The van der Waals surface area contributed by atoms with E-state index in [0.717, 1.165) is 4.47 Å². The maximum absolute atomic E-state index is 11.8. The lowest BCUT2D eigenvalue weighted by Crippen LogP contribution is -2.14. The molecule has 0 amide bonds. The molecule has 0 aliphatic rings. The van der Waals surface area contributed by atoms with E-state index in [9.17, 15) is 9.90 Å². The van der Waals surface area contributed by atoms with E-state index in [1.165, 1.54) is 17.8 Å². The third-order valence-corrected chi connectivity index (χ3v) is 3.49. The predicted octanol–water partition coefficient (Wildman–Crippen LogP) is 2.50. The number of rotatable bonds is 2. The van der Waals surface area contributed by atoms with Gasteiger partial charge in [0.2, 0.25) is 0 Å². The molecule has 0 radical (unpaired) electrons. The first-order valence-corrected chi connectivity index (χ1v) is 7.16. The SMILES string of the molecule is CSc1nc(-c2cc(Br)ccc2O)c(C#N)c(=O)[nH]1. The Kier molecular flexibility index (Phi) is 3.93. The molecule has 5 nitrogen and oxygen atoms in total. The number of thioether (sulfide) groups is 1. The Morgan fingerprint density at radius 2 is 2.26 bits per heavy atom.